The van der Waals surface area contributed by atoms with Gasteiger partial charge >= 0.3 is 0 Å². The molecule has 8 rings (SSSR count). The number of aliphatic hydroxyl groups excluding tert-OH is 3. The molecule has 13 heteroatoms. The minimum absolute atomic E-state index is 0.126. The summed E-state index contributed by atoms with van der Waals surface area (Å²) in [6.45, 7) is 6.52. The molecule has 0 aromatic heterocycles. The van der Waals surface area contributed by atoms with E-state index in [2.05, 4.69) is 0 Å². The third-order valence-electron chi connectivity index (χ3n) is 12.2. The van der Waals surface area contributed by atoms with Crippen molar-refractivity contribution >= 4 is 0 Å². The number of hydrogen-bond acceptors (Lipinski definition) is 13. The normalized spacial score (nSPS) is 32.5. The van der Waals surface area contributed by atoms with Crippen molar-refractivity contribution in [3.8, 4) is 0 Å². The summed E-state index contributed by atoms with van der Waals surface area (Å²) in [5.41, 5.74) is 4.66. The molecule has 0 radical (unpaired) electrons. The van der Waals surface area contributed by atoms with Crippen molar-refractivity contribution < 1.29 is 62.7 Å². The lowest BCUT2D eigenvalue weighted by Gasteiger charge is -2.50. The molecule has 352 valence electrons. The fourth-order valence-electron chi connectivity index (χ4n) is 8.62. The van der Waals surface area contributed by atoms with Crippen LogP contribution in [0.4, 0.5) is 0 Å². The van der Waals surface area contributed by atoms with Crippen LogP contribution in [0.15, 0.2) is 152 Å². The smallest absolute Gasteiger partial charge is 0.187 e. The Labute approximate surface area is 387 Å². The molecule has 0 spiro atoms. The maximum Gasteiger partial charge on any atom is 0.187 e. The van der Waals surface area contributed by atoms with E-state index in [9.17, 15) is 15.3 Å². The molecule has 3 N–H and O–H groups in total. The maximum absolute atomic E-state index is 12.2. The first kappa shape index (κ1) is 48.1. The molecule has 0 aliphatic carbocycles. The van der Waals surface area contributed by atoms with Gasteiger partial charge in [-0.1, -0.05) is 152 Å². The third kappa shape index (κ3) is 12.4. The molecule has 15 unspecified atom stereocenters. The molecule has 0 bridgehead atoms. The van der Waals surface area contributed by atoms with E-state index in [1.54, 1.807) is 13.8 Å². The average Bonchev–Trinajstić information content (AvgIpc) is 3.35. The molecule has 3 heterocycles. The van der Waals surface area contributed by atoms with Gasteiger partial charge in [0.2, 0.25) is 0 Å². The summed E-state index contributed by atoms with van der Waals surface area (Å²) in [6, 6.07) is 48.7. The van der Waals surface area contributed by atoms with Crippen LogP contribution in [0.2, 0.25) is 0 Å². The maximum atomic E-state index is 12.2. The van der Waals surface area contributed by atoms with Crippen molar-refractivity contribution in [2.75, 3.05) is 0 Å². The van der Waals surface area contributed by atoms with Gasteiger partial charge in [-0.3, -0.25) is 0 Å². The Kier molecular flexibility index (Phi) is 17.1. The van der Waals surface area contributed by atoms with Gasteiger partial charge in [0.15, 0.2) is 18.9 Å². The number of aliphatic hydroxyl groups is 3. The minimum Gasteiger partial charge on any atom is -0.387 e. The molecule has 15 atom stereocenters. The van der Waals surface area contributed by atoms with E-state index in [1.165, 1.54) is 0 Å². The lowest BCUT2D eigenvalue weighted by molar-refractivity contribution is -0.381. The Balaban J connectivity index is 1.04. The van der Waals surface area contributed by atoms with Gasteiger partial charge in [0.05, 0.1) is 51.3 Å². The Hall–Kier alpha value is -4.42. The van der Waals surface area contributed by atoms with Gasteiger partial charge in [-0.2, -0.15) is 0 Å². The monoisotopic (exact) mass is 906 g/mol. The van der Waals surface area contributed by atoms with Gasteiger partial charge in [0.25, 0.3) is 0 Å². The third-order valence-corrected chi connectivity index (χ3v) is 12.2. The van der Waals surface area contributed by atoms with E-state index in [0.29, 0.717) is 6.61 Å². The molecular formula is C53H62O13. The van der Waals surface area contributed by atoms with Crippen LogP contribution in [0.1, 0.15) is 48.6 Å². The van der Waals surface area contributed by atoms with Crippen LogP contribution < -0.4 is 0 Å². The van der Waals surface area contributed by atoms with Crippen LogP contribution in [0.3, 0.4) is 0 Å². The molecule has 0 amide bonds. The highest BCUT2D eigenvalue weighted by Gasteiger charge is 2.54. The first-order valence-electron chi connectivity index (χ1n) is 22.8. The Morgan fingerprint density at radius 3 is 1.12 bits per heavy atom. The lowest BCUT2D eigenvalue weighted by atomic mass is 9.96. The molecule has 3 aliphatic heterocycles. The molecule has 3 fully saturated rings. The van der Waals surface area contributed by atoms with Crippen molar-refractivity contribution in [2.24, 2.45) is 0 Å². The van der Waals surface area contributed by atoms with Crippen LogP contribution in [-0.4, -0.2) is 107 Å². The fourth-order valence-corrected chi connectivity index (χ4v) is 8.62. The Morgan fingerprint density at radius 1 is 0.318 bits per heavy atom. The minimum atomic E-state index is -1.45. The largest absolute Gasteiger partial charge is 0.387 e. The van der Waals surface area contributed by atoms with E-state index in [4.69, 9.17) is 47.4 Å². The zero-order chi connectivity index (χ0) is 45.8. The van der Waals surface area contributed by atoms with Crippen molar-refractivity contribution in [2.45, 2.75) is 146 Å². The quantitative estimate of drug-likeness (QED) is 0.0814. The van der Waals surface area contributed by atoms with Crippen molar-refractivity contribution in [1.82, 2.24) is 0 Å². The summed E-state index contributed by atoms with van der Waals surface area (Å²) in [5.74, 6) is 0. The second-order valence-electron chi connectivity index (χ2n) is 17.1. The standard InChI is InChI=1S/C53H62O13/c1-34-45(42(54)43(55)51(62-34)61-33-41-27-17-8-18-28-41)65-52-44(56)48(58-30-38-21-11-5-12-22-38)47(36(3)63-52)66-53-50(60-32-40-25-15-7-16-26-40)49(59-31-39-23-13-6-14-24-39)46(35(2)64-53)57-29-37-19-9-4-10-20-37/h4-28,34-36,42-56H,29-33H2,1-3H3. The molecule has 66 heavy (non-hydrogen) atoms. The van der Waals surface area contributed by atoms with Gasteiger partial charge in [0.1, 0.15) is 54.9 Å². The highest BCUT2D eigenvalue weighted by molar-refractivity contribution is 5.17. The first-order valence-corrected chi connectivity index (χ1v) is 22.8. The van der Waals surface area contributed by atoms with Crippen LogP contribution in [0.25, 0.3) is 0 Å². The number of hydrogen-bond donors (Lipinski definition) is 3. The predicted octanol–water partition coefficient (Wildman–Crippen LogP) is 6.63. The zero-order valence-corrected chi connectivity index (χ0v) is 37.6. The van der Waals surface area contributed by atoms with Crippen LogP contribution in [-0.2, 0) is 80.4 Å². The molecule has 0 saturated carbocycles. The van der Waals surface area contributed by atoms with Crippen LogP contribution in [0, 0.1) is 0 Å². The summed E-state index contributed by atoms with van der Waals surface area (Å²) in [5, 5.41) is 34.8. The molecular weight excluding hydrogens is 845 g/mol. The van der Waals surface area contributed by atoms with Crippen molar-refractivity contribution in [1.29, 1.82) is 0 Å². The van der Waals surface area contributed by atoms with Gasteiger partial charge in [0, 0.05) is 0 Å². The SMILES string of the molecule is CC1OC(OCc2ccccc2)C(O)C(O)C1OC1OC(C)C(OC2OC(C)C(OCc3ccccc3)C(OCc3ccccc3)C2OCc2ccccc2)C(OCc2ccccc2)C1O. The molecule has 13 nitrogen and oxygen atoms in total. The fraction of sp³-hybridized carbons (Fsp3) is 0.434. The topological polar surface area (TPSA) is 153 Å². The van der Waals surface area contributed by atoms with Crippen LogP contribution >= 0.6 is 0 Å². The first-order chi connectivity index (χ1) is 32.2. The molecule has 5 aromatic carbocycles. The second kappa shape index (κ2) is 23.5. The molecule has 3 aliphatic rings. The van der Waals surface area contributed by atoms with Crippen LogP contribution in [0.5, 0.6) is 0 Å². The van der Waals surface area contributed by atoms with E-state index < -0.39 is 92.1 Å². The highest BCUT2D eigenvalue weighted by atomic mass is 16.8. The van der Waals surface area contributed by atoms with Gasteiger partial charge < -0.3 is 62.7 Å². The number of ether oxygens (including phenoxy) is 10. The van der Waals surface area contributed by atoms with Crippen molar-refractivity contribution in [3.05, 3.63) is 179 Å². The van der Waals surface area contributed by atoms with E-state index in [1.807, 2.05) is 159 Å². The Bertz CT molecular complexity index is 2140. The molecule has 5 aromatic rings. The van der Waals surface area contributed by atoms with Crippen molar-refractivity contribution in [3.63, 3.8) is 0 Å². The summed E-state index contributed by atoms with van der Waals surface area (Å²) in [4.78, 5) is 0. The summed E-state index contributed by atoms with van der Waals surface area (Å²) < 4.78 is 65.2. The van der Waals surface area contributed by atoms with Gasteiger partial charge in [-0.05, 0) is 48.6 Å². The van der Waals surface area contributed by atoms with E-state index >= 15 is 0 Å². The summed E-state index contributed by atoms with van der Waals surface area (Å²) in [7, 11) is 0. The predicted molar refractivity (Wildman–Crippen MR) is 242 cm³/mol. The second-order valence-corrected chi connectivity index (χ2v) is 17.1. The number of rotatable bonds is 19. The highest BCUT2D eigenvalue weighted by Crippen LogP contribution is 2.36. The molecule has 3 saturated heterocycles. The summed E-state index contributed by atoms with van der Waals surface area (Å²) in [6.07, 6.45) is -15.1. The summed E-state index contributed by atoms with van der Waals surface area (Å²) >= 11 is 0. The van der Waals surface area contributed by atoms with Gasteiger partial charge in [-0.15, -0.1) is 0 Å². The van der Waals surface area contributed by atoms with Gasteiger partial charge in [-0.25, -0.2) is 0 Å². The number of benzene rings is 5. The lowest BCUT2D eigenvalue weighted by Crippen LogP contribution is -2.66. The van der Waals surface area contributed by atoms with E-state index in [-0.39, 0.29) is 26.4 Å². The zero-order valence-electron chi connectivity index (χ0n) is 37.6. The Morgan fingerprint density at radius 2 is 0.652 bits per heavy atom. The average molecular weight is 907 g/mol. The van der Waals surface area contributed by atoms with E-state index in [0.717, 1.165) is 27.8 Å².